The number of hydrogen-bond acceptors (Lipinski definition) is 5. The average molecular weight is 343 g/mol. The Balaban J connectivity index is 1.58. The van der Waals surface area contributed by atoms with Crippen molar-refractivity contribution in [2.45, 2.75) is 19.8 Å². The van der Waals surface area contributed by atoms with E-state index in [0.29, 0.717) is 28.8 Å². The molecule has 1 amide bonds. The fourth-order valence-corrected chi connectivity index (χ4v) is 2.41. The molecule has 0 bridgehead atoms. The van der Waals surface area contributed by atoms with Crippen LogP contribution in [0.3, 0.4) is 0 Å². The van der Waals surface area contributed by atoms with Crippen molar-refractivity contribution < 1.29 is 9.32 Å². The highest BCUT2D eigenvalue weighted by molar-refractivity contribution is 6.33. The van der Waals surface area contributed by atoms with Gasteiger partial charge in [0.25, 0.3) is 0 Å². The predicted octanol–water partition coefficient (Wildman–Crippen LogP) is 3.66. The van der Waals surface area contributed by atoms with Gasteiger partial charge >= 0.3 is 0 Å². The molecule has 2 heterocycles. The van der Waals surface area contributed by atoms with E-state index in [1.54, 1.807) is 36.7 Å². The third-order valence-electron chi connectivity index (χ3n) is 3.37. The molecule has 3 rings (SSSR count). The van der Waals surface area contributed by atoms with Crippen LogP contribution >= 0.6 is 11.6 Å². The maximum atomic E-state index is 12.0. The largest absolute Gasteiger partial charge is 0.339 e. The van der Waals surface area contributed by atoms with Crippen LogP contribution in [0.4, 0.5) is 5.69 Å². The number of rotatable bonds is 5. The Morgan fingerprint density at radius 1 is 1.25 bits per heavy atom. The summed E-state index contributed by atoms with van der Waals surface area (Å²) in [5.74, 6) is 0.728. The second-order valence-corrected chi connectivity index (χ2v) is 5.69. The van der Waals surface area contributed by atoms with E-state index in [2.05, 4.69) is 20.4 Å². The van der Waals surface area contributed by atoms with E-state index >= 15 is 0 Å². The number of hydrogen-bond donors (Lipinski definition) is 1. The number of carbonyl (C=O) groups excluding carboxylic acids is 1. The summed E-state index contributed by atoms with van der Waals surface area (Å²) in [4.78, 5) is 20.2. The van der Waals surface area contributed by atoms with E-state index in [-0.39, 0.29) is 12.3 Å². The Kier molecular flexibility index (Phi) is 4.86. The lowest BCUT2D eigenvalue weighted by Crippen LogP contribution is -2.12. The van der Waals surface area contributed by atoms with Crippen LogP contribution in [0.5, 0.6) is 0 Å². The number of amides is 1. The molecular formula is C17H15ClN4O2. The van der Waals surface area contributed by atoms with Crippen LogP contribution in [0.2, 0.25) is 5.02 Å². The lowest BCUT2D eigenvalue weighted by Gasteiger charge is -2.07. The minimum atomic E-state index is -0.163. The quantitative estimate of drug-likeness (QED) is 0.765. The van der Waals surface area contributed by atoms with Gasteiger partial charge in [-0.05, 0) is 36.8 Å². The molecule has 0 aliphatic heterocycles. The van der Waals surface area contributed by atoms with Crippen molar-refractivity contribution in [2.75, 3.05) is 5.32 Å². The van der Waals surface area contributed by atoms with Gasteiger partial charge in [-0.15, -0.1) is 0 Å². The number of halogens is 1. The van der Waals surface area contributed by atoms with Gasteiger partial charge in [-0.3, -0.25) is 9.78 Å². The van der Waals surface area contributed by atoms with Crippen LogP contribution in [0.15, 0.2) is 47.2 Å². The number of benzene rings is 1. The molecule has 0 radical (unpaired) electrons. The number of carbonyl (C=O) groups is 1. The minimum Gasteiger partial charge on any atom is -0.339 e. The number of pyridine rings is 1. The maximum Gasteiger partial charge on any atom is 0.227 e. The summed E-state index contributed by atoms with van der Waals surface area (Å²) in [6, 6.07) is 9.06. The molecule has 0 fully saturated rings. The van der Waals surface area contributed by atoms with Crippen LogP contribution in [0.1, 0.15) is 17.9 Å². The molecule has 7 heteroatoms. The number of anilines is 1. The van der Waals surface area contributed by atoms with Crippen molar-refractivity contribution in [3.05, 3.63) is 59.2 Å². The molecule has 3 aromatic rings. The van der Waals surface area contributed by atoms with Crippen molar-refractivity contribution in [1.29, 1.82) is 0 Å². The Morgan fingerprint density at radius 2 is 2.04 bits per heavy atom. The zero-order valence-electron chi connectivity index (χ0n) is 13.0. The Hall–Kier alpha value is -2.73. The third kappa shape index (κ3) is 3.97. The van der Waals surface area contributed by atoms with Gasteiger partial charge in [0.1, 0.15) is 0 Å². The molecule has 0 saturated carbocycles. The molecule has 24 heavy (non-hydrogen) atoms. The molecule has 2 aromatic heterocycles. The van der Waals surface area contributed by atoms with E-state index in [0.717, 1.165) is 11.1 Å². The van der Waals surface area contributed by atoms with Crippen molar-refractivity contribution in [2.24, 2.45) is 0 Å². The van der Waals surface area contributed by atoms with Gasteiger partial charge in [0, 0.05) is 30.8 Å². The Labute approximate surface area is 143 Å². The fourth-order valence-electron chi connectivity index (χ4n) is 2.13. The third-order valence-corrected chi connectivity index (χ3v) is 3.68. The zero-order chi connectivity index (χ0) is 16.9. The highest BCUT2D eigenvalue weighted by Gasteiger charge is 2.11. The topological polar surface area (TPSA) is 80.9 Å². The Bertz CT molecular complexity index is 849. The summed E-state index contributed by atoms with van der Waals surface area (Å²) < 4.78 is 5.17. The SMILES string of the molecule is Cc1ccc(NC(=O)CCc2nc(-c3ccncc3)no2)c(Cl)c1. The highest BCUT2D eigenvalue weighted by atomic mass is 35.5. The van der Waals surface area contributed by atoms with Gasteiger partial charge in [-0.2, -0.15) is 4.98 Å². The van der Waals surface area contributed by atoms with E-state index < -0.39 is 0 Å². The summed E-state index contributed by atoms with van der Waals surface area (Å²) in [5, 5.41) is 7.20. The minimum absolute atomic E-state index is 0.163. The Morgan fingerprint density at radius 3 is 2.79 bits per heavy atom. The first-order chi connectivity index (χ1) is 11.6. The first-order valence-electron chi connectivity index (χ1n) is 7.41. The molecule has 6 nitrogen and oxygen atoms in total. The van der Waals surface area contributed by atoms with Crippen molar-refractivity contribution in [1.82, 2.24) is 15.1 Å². The number of aryl methyl sites for hydroxylation is 2. The lowest BCUT2D eigenvalue weighted by atomic mass is 10.2. The highest BCUT2D eigenvalue weighted by Crippen LogP contribution is 2.23. The smallest absolute Gasteiger partial charge is 0.227 e. The van der Waals surface area contributed by atoms with Gasteiger partial charge in [-0.1, -0.05) is 22.8 Å². The van der Waals surface area contributed by atoms with Gasteiger partial charge in [0.05, 0.1) is 10.7 Å². The predicted molar refractivity (Wildman–Crippen MR) is 90.7 cm³/mol. The molecule has 0 unspecified atom stereocenters. The normalized spacial score (nSPS) is 10.6. The molecule has 1 aromatic carbocycles. The van der Waals surface area contributed by atoms with Crippen LogP contribution in [0, 0.1) is 6.92 Å². The zero-order valence-corrected chi connectivity index (χ0v) is 13.7. The van der Waals surface area contributed by atoms with E-state index in [4.69, 9.17) is 16.1 Å². The molecule has 1 N–H and O–H groups in total. The standard InChI is InChI=1S/C17H15ClN4O2/c1-11-2-3-14(13(18)10-11)20-15(23)4-5-16-21-17(22-24-16)12-6-8-19-9-7-12/h2-3,6-10H,4-5H2,1H3,(H,20,23). The van der Waals surface area contributed by atoms with Crippen molar-refractivity contribution in [3.63, 3.8) is 0 Å². The fraction of sp³-hybridized carbons (Fsp3) is 0.176. The number of aromatic nitrogens is 3. The molecule has 0 atom stereocenters. The van der Waals surface area contributed by atoms with Crippen LogP contribution < -0.4 is 5.32 Å². The first kappa shape index (κ1) is 16.1. The molecular weight excluding hydrogens is 328 g/mol. The molecule has 0 aliphatic carbocycles. The molecule has 122 valence electrons. The van der Waals surface area contributed by atoms with Crippen molar-refractivity contribution >= 4 is 23.2 Å². The summed E-state index contributed by atoms with van der Waals surface area (Å²) in [7, 11) is 0. The monoisotopic (exact) mass is 342 g/mol. The summed E-state index contributed by atoms with van der Waals surface area (Å²) in [5.41, 5.74) is 2.44. The van der Waals surface area contributed by atoms with Gasteiger partial charge in [0.2, 0.25) is 17.6 Å². The van der Waals surface area contributed by atoms with Gasteiger partial charge in [0.15, 0.2) is 0 Å². The second kappa shape index (κ2) is 7.23. The van der Waals surface area contributed by atoms with Crippen LogP contribution in [0.25, 0.3) is 11.4 Å². The number of nitrogens with one attached hydrogen (secondary N) is 1. The summed E-state index contributed by atoms with van der Waals surface area (Å²) >= 11 is 6.10. The second-order valence-electron chi connectivity index (χ2n) is 5.28. The van der Waals surface area contributed by atoms with Crippen LogP contribution in [-0.4, -0.2) is 21.0 Å². The summed E-state index contributed by atoms with van der Waals surface area (Å²) in [6.45, 7) is 1.94. The maximum absolute atomic E-state index is 12.0. The molecule has 0 aliphatic rings. The van der Waals surface area contributed by atoms with E-state index in [9.17, 15) is 4.79 Å². The van der Waals surface area contributed by atoms with Crippen LogP contribution in [-0.2, 0) is 11.2 Å². The van der Waals surface area contributed by atoms with E-state index in [1.165, 1.54) is 0 Å². The van der Waals surface area contributed by atoms with Gasteiger partial charge in [-0.25, -0.2) is 0 Å². The molecule has 0 saturated heterocycles. The summed E-state index contributed by atoms with van der Waals surface area (Å²) in [6.07, 6.45) is 3.89. The molecule has 0 spiro atoms. The average Bonchev–Trinajstić information content (AvgIpc) is 3.05. The first-order valence-corrected chi connectivity index (χ1v) is 7.78. The van der Waals surface area contributed by atoms with Gasteiger partial charge < -0.3 is 9.84 Å². The number of nitrogens with zero attached hydrogens (tertiary/aromatic N) is 3. The lowest BCUT2D eigenvalue weighted by molar-refractivity contribution is -0.116. The van der Waals surface area contributed by atoms with E-state index in [1.807, 2.05) is 13.0 Å². The van der Waals surface area contributed by atoms with Crippen molar-refractivity contribution in [3.8, 4) is 11.4 Å².